The molecule has 0 atom stereocenters. The topological polar surface area (TPSA) is 29.1 Å². The monoisotopic (exact) mass is 331 g/mol. The van der Waals surface area contributed by atoms with Gasteiger partial charge in [-0.3, -0.25) is 4.79 Å². The van der Waals surface area contributed by atoms with Crippen LogP contribution in [0.2, 0.25) is 0 Å². The van der Waals surface area contributed by atoms with Gasteiger partial charge in [-0.2, -0.15) is 0 Å². The molecule has 0 aliphatic heterocycles. The van der Waals surface area contributed by atoms with Crippen LogP contribution in [0.3, 0.4) is 0 Å². The van der Waals surface area contributed by atoms with E-state index < -0.39 is 0 Å². The van der Waals surface area contributed by atoms with E-state index in [-0.39, 0.29) is 5.91 Å². The lowest BCUT2D eigenvalue weighted by atomic mass is 10.0. The molecule has 0 radical (unpaired) electrons. The minimum atomic E-state index is 0.0520. The van der Waals surface area contributed by atoms with Crippen molar-refractivity contribution in [3.8, 4) is 0 Å². The van der Waals surface area contributed by atoms with Crippen molar-refractivity contribution >= 4 is 21.8 Å². The van der Waals surface area contributed by atoms with Crippen LogP contribution < -0.4 is 5.32 Å². The Morgan fingerprint density at radius 2 is 1.65 bits per heavy atom. The van der Waals surface area contributed by atoms with Crippen molar-refractivity contribution in [2.45, 2.75) is 26.8 Å². The largest absolute Gasteiger partial charge is 0.352 e. The van der Waals surface area contributed by atoms with E-state index in [1.54, 1.807) is 0 Å². The maximum absolute atomic E-state index is 11.9. The van der Waals surface area contributed by atoms with Crippen LogP contribution in [0.4, 0.5) is 0 Å². The highest BCUT2D eigenvalue weighted by Gasteiger charge is 2.04. The zero-order valence-electron chi connectivity index (χ0n) is 11.7. The predicted molar refractivity (Wildman–Crippen MR) is 85.6 cm³/mol. The van der Waals surface area contributed by atoms with Gasteiger partial charge in [-0.05, 0) is 48.2 Å². The molecule has 2 aromatic rings. The second-order valence-corrected chi connectivity index (χ2v) is 5.91. The van der Waals surface area contributed by atoms with E-state index in [0.717, 1.165) is 15.6 Å². The van der Waals surface area contributed by atoms with Crippen LogP contribution in [-0.4, -0.2) is 5.91 Å². The smallest absolute Gasteiger partial charge is 0.224 e. The summed E-state index contributed by atoms with van der Waals surface area (Å²) in [4.78, 5) is 11.9. The van der Waals surface area contributed by atoms with Crippen molar-refractivity contribution < 1.29 is 4.79 Å². The fourth-order valence-corrected chi connectivity index (χ4v) is 2.23. The van der Waals surface area contributed by atoms with E-state index >= 15 is 0 Å². The molecule has 104 valence electrons. The van der Waals surface area contributed by atoms with Gasteiger partial charge in [0.25, 0.3) is 0 Å². The van der Waals surface area contributed by atoms with Gasteiger partial charge in [-0.25, -0.2) is 0 Å². The van der Waals surface area contributed by atoms with Crippen LogP contribution in [0.1, 0.15) is 22.3 Å². The second-order valence-electron chi connectivity index (χ2n) is 5.00. The molecular weight excluding hydrogens is 314 g/mol. The van der Waals surface area contributed by atoms with E-state index in [4.69, 9.17) is 0 Å². The lowest BCUT2D eigenvalue weighted by Crippen LogP contribution is -2.24. The molecule has 2 nitrogen and oxygen atoms in total. The number of nitrogens with one attached hydrogen (secondary N) is 1. The van der Waals surface area contributed by atoms with Gasteiger partial charge in [-0.15, -0.1) is 0 Å². The summed E-state index contributed by atoms with van der Waals surface area (Å²) < 4.78 is 1.04. The summed E-state index contributed by atoms with van der Waals surface area (Å²) in [6.45, 7) is 4.71. The number of aryl methyl sites for hydroxylation is 2. The Morgan fingerprint density at radius 1 is 1.00 bits per heavy atom. The summed E-state index contributed by atoms with van der Waals surface area (Å²) in [5.74, 6) is 0.0520. The van der Waals surface area contributed by atoms with Gasteiger partial charge in [0, 0.05) is 11.0 Å². The fraction of sp³-hybridized carbons (Fsp3) is 0.235. The van der Waals surface area contributed by atoms with E-state index in [2.05, 4.69) is 47.2 Å². The molecule has 0 aliphatic carbocycles. The Balaban J connectivity index is 1.89. The zero-order valence-corrected chi connectivity index (χ0v) is 13.3. The van der Waals surface area contributed by atoms with Gasteiger partial charge in [0.2, 0.25) is 5.91 Å². The number of hydrogen-bond donors (Lipinski definition) is 1. The van der Waals surface area contributed by atoms with Crippen LogP contribution in [0.15, 0.2) is 46.9 Å². The first-order valence-electron chi connectivity index (χ1n) is 6.62. The average molecular weight is 332 g/mol. The Kier molecular flexibility index (Phi) is 4.96. The van der Waals surface area contributed by atoms with E-state index in [1.165, 1.54) is 11.1 Å². The Hall–Kier alpha value is -1.61. The number of carbonyl (C=O) groups is 1. The number of carbonyl (C=O) groups excluding carboxylic acids is 1. The lowest BCUT2D eigenvalue weighted by Gasteiger charge is -2.07. The Labute approximate surface area is 128 Å². The third-order valence-electron chi connectivity index (χ3n) is 3.34. The molecule has 0 saturated heterocycles. The molecule has 2 aromatic carbocycles. The summed E-state index contributed by atoms with van der Waals surface area (Å²) in [6.07, 6.45) is 0.428. The lowest BCUT2D eigenvalue weighted by molar-refractivity contribution is -0.120. The van der Waals surface area contributed by atoms with Crippen molar-refractivity contribution in [1.29, 1.82) is 0 Å². The van der Waals surface area contributed by atoms with Crippen molar-refractivity contribution in [2.24, 2.45) is 0 Å². The Bertz CT molecular complexity index is 605. The predicted octanol–water partition coefficient (Wildman–Crippen LogP) is 3.92. The normalized spacial score (nSPS) is 10.3. The first-order chi connectivity index (χ1) is 9.54. The molecule has 0 aliphatic rings. The third-order valence-corrected chi connectivity index (χ3v) is 3.87. The van der Waals surface area contributed by atoms with Crippen LogP contribution >= 0.6 is 15.9 Å². The van der Waals surface area contributed by atoms with Crippen molar-refractivity contribution in [3.63, 3.8) is 0 Å². The summed E-state index contributed by atoms with van der Waals surface area (Å²) in [7, 11) is 0. The van der Waals surface area contributed by atoms with Crippen molar-refractivity contribution in [2.75, 3.05) is 0 Å². The number of rotatable bonds is 4. The minimum Gasteiger partial charge on any atom is -0.352 e. The van der Waals surface area contributed by atoms with Gasteiger partial charge < -0.3 is 5.32 Å². The zero-order chi connectivity index (χ0) is 14.5. The quantitative estimate of drug-likeness (QED) is 0.903. The third kappa shape index (κ3) is 4.20. The molecule has 3 heteroatoms. The SMILES string of the molecule is Cc1ccc(CC(=O)NCc2ccc(Br)cc2)cc1C. The van der Waals surface area contributed by atoms with E-state index in [0.29, 0.717) is 13.0 Å². The van der Waals surface area contributed by atoms with Crippen LogP contribution in [0.25, 0.3) is 0 Å². The maximum Gasteiger partial charge on any atom is 0.224 e. The summed E-state index contributed by atoms with van der Waals surface area (Å²) in [6, 6.07) is 14.1. The van der Waals surface area contributed by atoms with Crippen molar-refractivity contribution in [1.82, 2.24) is 5.32 Å². The molecule has 2 rings (SSSR count). The first-order valence-corrected chi connectivity index (χ1v) is 7.41. The Morgan fingerprint density at radius 3 is 2.30 bits per heavy atom. The van der Waals surface area contributed by atoms with Gasteiger partial charge in [-0.1, -0.05) is 46.3 Å². The number of hydrogen-bond acceptors (Lipinski definition) is 1. The van der Waals surface area contributed by atoms with Gasteiger partial charge in [0.05, 0.1) is 6.42 Å². The maximum atomic E-state index is 11.9. The molecule has 1 amide bonds. The van der Waals surface area contributed by atoms with Gasteiger partial charge in [0.15, 0.2) is 0 Å². The number of benzene rings is 2. The molecular formula is C17H18BrNO. The minimum absolute atomic E-state index is 0.0520. The van der Waals surface area contributed by atoms with E-state index in [1.807, 2.05) is 30.3 Å². The summed E-state index contributed by atoms with van der Waals surface area (Å²) in [5, 5.41) is 2.95. The second kappa shape index (κ2) is 6.71. The van der Waals surface area contributed by atoms with Crippen LogP contribution in [0, 0.1) is 13.8 Å². The molecule has 20 heavy (non-hydrogen) atoms. The van der Waals surface area contributed by atoms with Crippen LogP contribution in [0.5, 0.6) is 0 Å². The highest BCUT2D eigenvalue weighted by Crippen LogP contribution is 2.11. The molecule has 0 aromatic heterocycles. The number of amides is 1. The van der Waals surface area contributed by atoms with Crippen LogP contribution in [-0.2, 0) is 17.8 Å². The molecule has 0 bridgehead atoms. The number of halogens is 1. The molecule has 0 fully saturated rings. The standard InChI is InChI=1S/C17H18BrNO/c1-12-3-4-15(9-13(12)2)10-17(20)19-11-14-5-7-16(18)8-6-14/h3-9H,10-11H2,1-2H3,(H,19,20). The van der Waals surface area contributed by atoms with Crippen molar-refractivity contribution in [3.05, 3.63) is 69.2 Å². The van der Waals surface area contributed by atoms with Gasteiger partial charge >= 0.3 is 0 Å². The fourth-order valence-electron chi connectivity index (χ4n) is 1.96. The average Bonchev–Trinajstić information content (AvgIpc) is 2.42. The van der Waals surface area contributed by atoms with E-state index in [9.17, 15) is 4.79 Å². The molecule has 0 unspecified atom stereocenters. The molecule has 1 N–H and O–H groups in total. The summed E-state index contributed by atoms with van der Waals surface area (Å²) >= 11 is 3.39. The highest BCUT2D eigenvalue weighted by molar-refractivity contribution is 9.10. The molecule has 0 saturated carbocycles. The molecule has 0 spiro atoms. The summed E-state index contributed by atoms with van der Waals surface area (Å²) in [5.41, 5.74) is 4.63. The molecule has 0 heterocycles. The van der Waals surface area contributed by atoms with Gasteiger partial charge in [0.1, 0.15) is 0 Å². The first kappa shape index (κ1) is 14.8. The highest BCUT2D eigenvalue weighted by atomic mass is 79.9.